The molecular formula is C13H13ClN2. The van der Waals surface area contributed by atoms with Crippen LogP contribution in [0.5, 0.6) is 0 Å². The molecule has 1 aromatic heterocycles. The number of fused-ring (bicyclic) bond motifs is 1. The van der Waals surface area contributed by atoms with Crippen molar-refractivity contribution < 1.29 is 0 Å². The third kappa shape index (κ3) is 1.54. The predicted octanol–water partition coefficient (Wildman–Crippen LogP) is 3.81. The molecule has 0 unspecified atom stereocenters. The summed E-state index contributed by atoms with van der Waals surface area (Å²) in [5.74, 6) is 0.646. The van der Waals surface area contributed by atoms with Crippen LogP contribution in [-0.4, -0.2) is 12.0 Å². The van der Waals surface area contributed by atoms with Crippen LogP contribution in [0, 0.1) is 0 Å². The number of hydrogen-bond donors (Lipinski definition) is 1. The van der Waals surface area contributed by atoms with Gasteiger partial charge in [0, 0.05) is 29.7 Å². The van der Waals surface area contributed by atoms with Crippen molar-refractivity contribution in [3.63, 3.8) is 0 Å². The molecule has 3 rings (SSSR count). The number of halogens is 1. The van der Waals surface area contributed by atoms with E-state index in [1.807, 2.05) is 19.2 Å². The van der Waals surface area contributed by atoms with Crippen LogP contribution >= 0.6 is 11.6 Å². The van der Waals surface area contributed by atoms with Gasteiger partial charge in [0.1, 0.15) is 0 Å². The number of aromatic nitrogens is 1. The van der Waals surface area contributed by atoms with Gasteiger partial charge in [-0.15, -0.1) is 0 Å². The summed E-state index contributed by atoms with van der Waals surface area (Å²) in [4.78, 5) is 4.67. The molecular weight excluding hydrogens is 220 g/mol. The van der Waals surface area contributed by atoms with E-state index in [4.69, 9.17) is 11.6 Å². The fourth-order valence-electron chi connectivity index (χ4n) is 2.03. The summed E-state index contributed by atoms with van der Waals surface area (Å²) in [6, 6.07) is 8.06. The number of pyridine rings is 1. The number of nitrogens with zero attached hydrogens (tertiary/aromatic N) is 1. The highest BCUT2D eigenvalue weighted by Gasteiger charge is 2.26. The van der Waals surface area contributed by atoms with Gasteiger partial charge in [-0.05, 0) is 25.0 Å². The number of rotatable bonds is 2. The van der Waals surface area contributed by atoms with Gasteiger partial charge in [-0.1, -0.05) is 23.7 Å². The molecule has 1 heterocycles. The molecule has 3 heteroatoms. The van der Waals surface area contributed by atoms with Crippen LogP contribution in [0.15, 0.2) is 24.3 Å². The summed E-state index contributed by atoms with van der Waals surface area (Å²) < 4.78 is 0. The van der Waals surface area contributed by atoms with Crippen molar-refractivity contribution in [1.29, 1.82) is 0 Å². The molecule has 0 bridgehead atoms. The Morgan fingerprint density at radius 2 is 2.19 bits per heavy atom. The van der Waals surface area contributed by atoms with Gasteiger partial charge >= 0.3 is 0 Å². The van der Waals surface area contributed by atoms with Gasteiger partial charge in [0.25, 0.3) is 0 Å². The molecule has 1 aromatic carbocycles. The van der Waals surface area contributed by atoms with Gasteiger partial charge in [-0.2, -0.15) is 0 Å². The number of para-hydroxylation sites is 1. The summed E-state index contributed by atoms with van der Waals surface area (Å²) in [7, 11) is 1.94. The van der Waals surface area contributed by atoms with Crippen molar-refractivity contribution in [3.8, 4) is 0 Å². The lowest BCUT2D eigenvalue weighted by atomic mass is 10.1. The normalized spacial score (nSPS) is 15.4. The molecule has 0 amide bonds. The highest BCUT2D eigenvalue weighted by molar-refractivity contribution is 6.35. The quantitative estimate of drug-likeness (QED) is 0.852. The van der Waals surface area contributed by atoms with Crippen LogP contribution in [-0.2, 0) is 0 Å². The Hall–Kier alpha value is -1.28. The molecule has 0 radical (unpaired) electrons. The first kappa shape index (κ1) is 9.91. The Balaban J connectivity index is 2.30. The highest BCUT2D eigenvalue weighted by atomic mass is 35.5. The topological polar surface area (TPSA) is 24.9 Å². The maximum atomic E-state index is 6.19. The van der Waals surface area contributed by atoms with Crippen LogP contribution in [0.1, 0.15) is 24.5 Å². The van der Waals surface area contributed by atoms with Crippen molar-refractivity contribution in [3.05, 3.63) is 35.0 Å². The van der Waals surface area contributed by atoms with Crippen LogP contribution in [0.3, 0.4) is 0 Å². The summed E-state index contributed by atoms with van der Waals surface area (Å²) >= 11 is 6.19. The Kier molecular flexibility index (Phi) is 2.25. The second-order valence-electron chi connectivity index (χ2n) is 4.25. The first-order valence-electron chi connectivity index (χ1n) is 5.56. The Bertz CT molecular complexity index is 547. The molecule has 2 aromatic rings. The van der Waals surface area contributed by atoms with Gasteiger partial charge in [0.05, 0.1) is 10.5 Å². The SMILES string of the molecule is CNc1cc(C2CC2)nc2c(Cl)cccc12. The highest BCUT2D eigenvalue weighted by Crippen LogP contribution is 2.41. The number of hydrogen-bond acceptors (Lipinski definition) is 2. The second-order valence-corrected chi connectivity index (χ2v) is 4.66. The minimum atomic E-state index is 0.646. The van der Waals surface area contributed by atoms with E-state index in [2.05, 4.69) is 22.4 Å². The predicted molar refractivity (Wildman–Crippen MR) is 68.3 cm³/mol. The molecule has 0 atom stereocenters. The van der Waals surface area contributed by atoms with E-state index >= 15 is 0 Å². The van der Waals surface area contributed by atoms with Crippen LogP contribution in [0.4, 0.5) is 5.69 Å². The standard InChI is InChI=1S/C13H13ClN2/c1-15-12-7-11(8-5-6-8)16-13-9(12)3-2-4-10(13)14/h2-4,7-8H,5-6H2,1H3,(H,15,16). The maximum absolute atomic E-state index is 6.19. The molecule has 82 valence electrons. The van der Waals surface area contributed by atoms with Gasteiger partial charge in [-0.3, -0.25) is 4.98 Å². The van der Waals surface area contributed by atoms with Crippen molar-refractivity contribution in [1.82, 2.24) is 4.98 Å². The average Bonchev–Trinajstić information content (AvgIpc) is 3.12. The lowest BCUT2D eigenvalue weighted by Gasteiger charge is -2.09. The number of nitrogens with one attached hydrogen (secondary N) is 1. The molecule has 1 fully saturated rings. The van der Waals surface area contributed by atoms with Crippen LogP contribution < -0.4 is 5.32 Å². The van der Waals surface area contributed by atoms with Crippen molar-refractivity contribution in [2.24, 2.45) is 0 Å². The first-order chi connectivity index (χ1) is 7.79. The molecule has 1 saturated carbocycles. The molecule has 0 saturated heterocycles. The molecule has 0 aliphatic heterocycles. The smallest absolute Gasteiger partial charge is 0.0912 e. The van der Waals surface area contributed by atoms with Crippen LogP contribution in [0.25, 0.3) is 10.9 Å². The fourth-order valence-corrected chi connectivity index (χ4v) is 2.25. The average molecular weight is 233 g/mol. The second kappa shape index (κ2) is 3.63. The zero-order valence-corrected chi connectivity index (χ0v) is 9.88. The van der Waals surface area contributed by atoms with Gasteiger partial charge in [0.15, 0.2) is 0 Å². The van der Waals surface area contributed by atoms with E-state index < -0.39 is 0 Å². The zero-order chi connectivity index (χ0) is 11.1. The van der Waals surface area contributed by atoms with E-state index in [1.54, 1.807) is 0 Å². The van der Waals surface area contributed by atoms with Gasteiger partial charge < -0.3 is 5.32 Å². The summed E-state index contributed by atoms with van der Waals surface area (Å²) in [5, 5.41) is 5.05. The zero-order valence-electron chi connectivity index (χ0n) is 9.13. The van der Waals surface area contributed by atoms with E-state index in [-0.39, 0.29) is 0 Å². The summed E-state index contributed by atoms with van der Waals surface area (Å²) in [6.45, 7) is 0. The summed E-state index contributed by atoms with van der Waals surface area (Å²) in [6.07, 6.45) is 2.51. The molecule has 2 nitrogen and oxygen atoms in total. The Morgan fingerprint density at radius 3 is 2.88 bits per heavy atom. The van der Waals surface area contributed by atoms with Crippen molar-refractivity contribution in [2.75, 3.05) is 12.4 Å². The number of benzene rings is 1. The third-order valence-corrected chi connectivity index (χ3v) is 3.38. The monoisotopic (exact) mass is 232 g/mol. The Labute approximate surface area is 99.6 Å². The van der Waals surface area contributed by atoms with E-state index in [0.717, 1.165) is 21.6 Å². The maximum Gasteiger partial charge on any atom is 0.0912 e. The minimum Gasteiger partial charge on any atom is -0.388 e. The van der Waals surface area contributed by atoms with Gasteiger partial charge in [0.2, 0.25) is 0 Å². The third-order valence-electron chi connectivity index (χ3n) is 3.08. The van der Waals surface area contributed by atoms with E-state index in [0.29, 0.717) is 5.92 Å². The molecule has 16 heavy (non-hydrogen) atoms. The first-order valence-corrected chi connectivity index (χ1v) is 5.94. The Morgan fingerprint density at radius 1 is 1.38 bits per heavy atom. The van der Waals surface area contributed by atoms with Crippen LogP contribution in [0.2, 0.25) is 5.02 Å². The van der Waals surface area contributed by atoms with Crippen molar-refractivity contribution >= 4 is 28.2 Å². The largest absolute Gasteiger partial charge is 0.388 e. The van der Waals surface area contributed by atoms with Crippen molar-refractivity contribution in [2.45, 2.75) is 18.8 Å². The number of anilines is 1. The van der Waals surface area contributed by atoms with E-state index in [1.165, 1.54) is 18.5 Å². The molecule has 1 aliphatic carbocycles. The fraction of sp³-hybridized carbons (Fsp3) is 0.308. The lowest BCUT2D eigenvalue weighted by molar-refractivity contribution is 1.04. The molecule has 0 spiro atoms. The van der Waals surface area contributed by atoms with E-state index in [9.17, 15) is 0 Å². The minimum absolute atomic E-state index is 0.646. The molecule has 1 aliphatic rings. The summed E-state index contributed by atoms with van der Waals surface area (Å²) in [5.41, 5.74) is 3.21. The van der Waals surface area contributed by atoms with Gasteiger partial charge in [-0.25, -0.2) is 0 Å². The lowest BCUT2D eigenvalue weighted by Crippen LogP contribution is -1.95. The molecule has 1 N–H and O–H groups in total.